The Kier molecular flexibility index (Phi) is 4.63. The Bertz CT molecular complexity index is 985. The van der Waals surface area contributed by atoms with Gasteiger partial charge in [0.2, 0.25) is 0 Å². The molecule has 28 heavy (non-hydrogen) atoms. The molecule has 1 aromatic heterocycles. The lowest BCUT2D eigenvalue weighted by molar-refractivity contribution is -0.137. The third kappa shape index (κ3) is 3.38. The highest BCUT2D eigenvalue weighted by atomic mass is 19.4. The molecule has 1 aliphatic rings. The van der Waals surface area contributed by atoms with Crippen LogP contribution in [-0.4, -0.2) is 22.3 Å². The predicted molar refractivity (Wildman–Crippen MR) is 98.7 cm³/mol. The first-order valence-electron chi connectivity index (χ1n) is 8.91. The Labute approximate surface area is 160 Å². The zero-order chi connectivity index (χ0) is 19.7. The monoisotopic (exact) mass is 382 g/mol. The van der Waals surface area contributed by atoms with Gasteiger partial charge in [0, 0.05) is 24.5 Å². The zero-order valence-corrected chi connectivity index (χ0v) is 14.9. The first-order chi connectivity index (χ1) is 13.4. The number of pyridine rings is 1. The molecular weight excluding hydrogens is 365 g/mol. The van der Waals surface area contributed by atoms with Crippen LogP contribution in [0.2, 0.25) is 0 Å². The van der Waals surface area contributed by atoms with Crippen molar-refractivity contribution in [1.29, 1.82) is 0 Å². The molecule has 6 heteroatoms. The van der Waals surface area contributed by atoms with E-state index in [4.69, 9.17) is 0 Å². The lowest BCUT2D eigenvalue weighted by Gasteiger charge is -2.38. The van der Waals surface area contributed by atoms with E-state index in [1.54, 1.807) is 29.4 Å². The van der Waals surface area contributed by atoms with Gasteiger partial charge in [-0.3, -0.25) is 9.78 Å². The molecule has 0 saturated carbocycles. The predicted octanol–water partition coefficient (Wildman–Crippen LogP) is 4.89. The summed E-state index contributed by atoms with van der Waals surface area (Å²) < 4.78 is 38.9. The van der Waals surface area contributed by atoms with Crippen molar-refractivity contribution in [2.75, 3.05) is 6.54 Å². The van der Waals surface area contributed by atoms with Gasteiger partial charge in [-0.25, -0.2) is 0 Å². The van der Waals surface area contributed by atoms with Gasteiger partial charge in [0.1, 0.15) is 0 Å². The number of benzene rings is 2. The van der Waals surface area contributed by atoms with Gasteiger partial charge < -0.3 is 4.90 Å². The number of amides is 1. The van der Waals surface area contributed by atoms with E-state index in [-0.39, 0.29) is 5.91 Å². The number of nitrogens with zero attached hydrogens (tertiary/aromatic N) is 2. The summed E-state index contributed by atoms with van der Waals surface area (Å²) in [5, 5.41) is 0. The minimum atomic E-state index is -4.39. The lowest BCUT2D eigenvalue weighted by Crippen LogP contribution is -2.40. The molecule has 142 valence electrons. The number of carbonyl (C=O) groups excluding carboxylic acids is 1. The highest BCUT2D eigenvalue weighted by molar-refractivity contribution is 5.94. The maximum absolute atomic E-state index is 13.1. The van der Waals surface area contributed by atoms with Crippen molar-refractivity contribution in [3.8, 4) is 0 Å². The average molecular weight is 382 g/mol. The summed E-state index contributed by atoms with van der Waals surface area (Å²) >= 11 is 0. The summed E-state index contributed by atoms with van der Waals surface area (Å²) in [6.45, 7) is 0.490. The minimum Gasteiger partial charge on any atom is -0.327 e. The molecule has 4 rings (SSSR count). The second-order valence-corrected chi connectivity index (χ2v) is 6.71. The first-order valence-corrected chi connectivity index (χ1v) is 8.91. The lowest BCUT2D eigenvalue weighted by atomic mass is 9.87. The van der Waals surface area contributed by atoms with Crippen molar-refractivity contribution in [2.45, 2.75) is 18.6 Å². The standard InChI is InChI=1S/C22H17F3N2O/c23-22(24,25)18-7-5-16(6-8-18)20-19-4-2-1-3-15(19)11-14-27(20)21(28)17-9-12-26-13-10-17/h1-10,12-13,20H,11,14H2. The Morgan fingerprint density at radius 2 is 1.64 bits per heavy atom. The Morgan fingerprint density at radius 1 is 0.964 bits per heavy atom. The molecule has 0 aliphatic carbocycles. The number of rotatable bonds is 2. The summed E-state index contributed by atoms with van der Waals surface area (Å²) in [4.78, 5) is 18.8. The van der Waals surface area contributed by atoms with Crippen LogP contribution in [0.15, 0.2) is 73.1 Å². The number of hydrogen-bond donors (Lipinski definition) is 0. The third-order valence-corrected chi connectivity index (χ3v) is 5.03. The van der Waals surface area contributed by atoms with Crippen LogP contribution in [-0.2, 0) is 12.6 Å². The quantitative estimate of drug-likeness (QED) is 0.632. The van der Waals surface area contributed by atoms with Crippen LogP contribution >= 0.6 is 0 Å². The molecule has 1 unspecified atom stereocenters. The maximum atomic E-state index is 13.1. The van der Waals surface area contributed by atoms with E-state index in [1.807, 2.05) is 24.3 Å². The van der Waals surface area contributed by atoms with Gasteiger partial charge in [-0.1, -0.05) is 36.4 Å². The van der Waals surface area contributed by atoms with Gasteiger partial charge in [-0.2, -0.15) is 13.2 Å². The van der Waals surface area contributed by atoms with Gasteiger partial charge in [0.25, 0.3) is 5.91 Å². The van der Waals surface area contributed by atoms with E-state index in [1.165, 1.54) is 12.1 Å². The van der Waals surface area contributed by atoms with Crippen LogP contribution in [0.3, 0.4) is 0 Å². The van der Waals surface area contributed by atoms with Gasteiger partial charge in [0.05, 0.1) is 11.6 Å². The minimum absolute atomic E-state index is 0.165. The molecule has 0 saturated heterocycles. The Morgan fingerprint density at radius 3 is 2.32 bits per heavy atom. The molecule has 1 aliphatic heterocycles. The van der Waals surface area contributed by atoms with Crippen molar-refractivity contribution < 1.29 is 18.0 Å². The molecule has 3 nitrogen and oxygen atoms in total. The molecular formula is C22H17F3N2O. The van der Waals surface area contributed by atoms with Crippen LogP contribution in [0, 0.1) is 0 Å². The highest BCUT2D eigenvalue weighted by Crippen LogP contribution is 2.37. The molecule has 0 N–H and O–H groups in total. The van der Waals surface area contributed by atoms with E-state index in [2.05, 4.69) is 4.98 Å². The van der Waals surface area contributed by atoms with Crippen molar-refractivity contribution >= 4 is 5.91 Å². The molecule has 0 spiro atoms. The average Bonchev–Trinajstić information content (AvgIpc) is 2.72. The number of halogens is 3. The molecule has 0 radical (unpaired) electrons. The van der Waals surface area contributed by atoms with Crippen LogP contribution < -0.4 is 0 Å². The summed E-state index contributed by atoms with van der Waals surface area (Å²) in [6.07, 6.45) is -0.587. The summed E-state index contributed by atoms with van der Waals surface area (Å²) in [6, 6.07) is 15.7. The van der Waals surface area contributed by atoms with Crippen molar-refractivity contribution in [3.05, 3.63) is 101 Å². The molecule has 3 aromatic rings. The second kappa shape index (κ2) is 7.11. The van der Waals surface area contributed by atoms with Crippen molar-refractivity contribution in [1.82, 2.24) is 9.88 Å². The van der Waals surface area contributed by atoms with Gasteiger partial charge in [-0.15, -0.1) is 0 Å². The van der Waals surface area contributed by atoms with Gasteiger partial charge >= 0.3 is 6.18 Å². The number of hydrogen-bond acceptors (Lipinski definition) is 2. The zero-order valence-electron chi connectivity index (χ0n) is 14.9. The Hall–Kier alpha value is -3.15. The van der Waals surface area contributed by atoms with Gasteiger partial charge in [0.15, 0.2) is 0 Å². The number of aromatic nitrogens is 1. The molecule has 2 aromatic carbocycles. The Balaban J connectivity index is 1.78. The normalized spacial score (nSPS) is 16.5. The van der Waals surface area contributed by atoms with Crippen molar-refractivity contribution in [3.63, 3.8) is 0 Å². The first kappa shape index (κ1) is 18.2. The fraction of sp³-hybridized carbons (Fsp3) is 0.182. The number of carbonyl (C=O) groups is 1. The summed E-state index contributed by atoms with van der Waals surface area (Å²) in [5.41, 5.74) is 2.50. The number of fused-ring (bicyclic) bond motifs is 1. The van der Waals surface area contributed by atoms with E-state index in [9.17, 15) is 18.0 Å². The maximum Gasteiger partial charge on any atom is 0.416 e. The highest BCUT2D eigenvalue weighted by Gasteiger charge is 2.34. The molecule has 1 amide bonds. The fourth-order valence-corrected chi connectivity index (χ4v) is 3.66. The third-order valence-electron chi connectivity index (χ3n) is 5.03. The second-order valence-electron chi connectivity index (χ2n) is 6.71. The smallest absolute Gasteiger partial charge is 0.327 e. The fourth-order valence-electron chi connectivity index (χ4n) is 3.66. The van der Waals surface area contributed by atoms with Crippen molar-refractivity contribution in [2.24, 2.45) is 0 Å². The molecule has 1 atom stereocenters. The molecule has 2 heterocycles. The van der Waals surface area contributed by atoms with E-state index >= 15 is 0 Å². The van der Waals surface area contributed by atoms with Crippen LogP contribution in [0.1, 0.15) is 38.7 Å². The summed E-state index contributed by atoms with van der Waals surface area (Å²) in [5.74, 6) is -0.165. The van der Waals surface area contributed by atoms with E-state index in [0.29, 0.717) is 24.1 Å². The van der Waals surface area contributed by atoms with E-state index < -0.39 is 17.8 Å². The van der Waals surface area contributed by atoms with Crippen LogP contribution in [0.25, 0.3) is 0 Å². The van der Waals surface area contributed by atoms with Gasteiger partial charge in [-0.05, 0) is 47.4 Å². The molecule has 0 fully saturated rings. The number of alkyl halides is 3. The van der Waals surface area contributed by atoms with Crippen LogP contribution in [0.4, 0.5) is 13.2 Å². The summed E-state index contributed by atoms with van der Waals surface area (Å²) in [7, 11) is 0. The molecule has 0 bridgehead atoms. The van der Waals surface area contributed by atoms with Crippen LogP contribution in [0.5, 0.6) is 0 Å². The SMILES string of the molecule is O=C(c1ccncc1)N1CCc2ccccc2C1c1ccc(C(F)(F)F)cc1. The topological polar surface area (TPSA) is 33.2 Å². The van der Waals surface area contributed by atoms with E-state index in [0.717, 1.165) is 23.3 Å². The largest absolute Gasteiger partial charge is 0.416 e.